The summed E-state index contributed by atoms with van der Waals surface area (Å²) in [5, 5.41) is 3.59. The van der Waals surface area contributed by atoms with Crippen LogP contribution in [0.5, 0.6) is 0 Å². The first-order valence-corrected chi connectivity index (χ1v) is 7.17. The first kappa shape index (κ1) is 13.3. The van der Waals surface area contributed by atoms with Crippen LogP contribution in [0.25, 0.3) is 0 Å². The van der Waals surface area contributed by atoms with E-state index in [9.17, 15) is 0 Å². The number of hydrogen-bond acceptors (Lipinski definition) is 3. The monoisotopic (exact) mass is 240 g/mol. The third kappa shape index (κ3) is 3.21. The van der Waals surface area contributed by atoms with Gasteiger partial charge in [0.2, 0.25) is 0 Å². The van der Waals surface area contributed by atoms with Gasteiger partial charge in [-0.2, -0.15) is 0 Å². The maximum atomic E-state index is 5.95. The number of nitrogens with one attached hydrogen (secondary N) is 1. The van der Waals surface area contributed by atoms with Crippen LogP contribution in [0.2, 0.25) is 0 Å². The number of ether oxygens (including phenoxy) is 1. The van der Waals surface area contributed by atoms with E-state index >= 15 is 0 Å². The summed E-state index contributed by atoms with van der Waals surface area (Å²) in [6, 6.07) is 1.84. The Hall–Kier alpha value is -0.120. The van der Waals surface area contributed by atoms with Crippen LogP contribution in [0.15, 0.2) is 0 Å². The Morgan fingerprint density at radius 2 is 2.18 bits per heavy atom. The summed E-state index contributed by atoms with van der Waals surface area (Å²) in [6.07, 6.45) is 5.18. The predicted octanol–water partition coefficient (Wildman–Crippen LogP) is 2.36. The molecule has 2 aliphatic rings. The first-order valence-electron chi connectivity index (χ1n) is 7.17. The Morgan fingerprint density at radius 1 is 1.41 bits per heavy atom. The standard InChI is InChI=1S/C14H28N2O/c1-11(2)16-8-6-5-7-13(16)9-14(4)15-12(3)10-17-14/h11-13,15H,5-10H2,1-4H3. The third-order valence-electron chi connectivity index (χ3n) is 4.16. The summed E-state index contributed by atoms with van der Waals surface area (Å²) < 4.78 is 5.95. The SMILES string of the molecule is CC1COC(C)(CC2CCCCN2C(C)C)N1. The molecule has 0 aromatic carbocycles. The molecule has 0 bridgehead atoms. The fourth-order valence-electron chi connectivity index (χ4n) is 3.40. The fraction of sp³-hybridized carbons (Fsp3) is 1.00. The molecule has 0 saturated carbocycles. The van der Waals surface area contributed by atoms with Gasteiger partial charge in [0, 0.05) is 24.5 Å². The number of piperidine rings is 1. The van der Waals surface area contributed by atoms with E-state index in [0.29, 0.717) is 18.1 Å². The molecule has 0 amide bonds. The van der Waals surface area contributed by atoms with E-state index in [-0.39, 0.29) is 5.72 Å². The molecule has 2 fully saturated rings. The molecule has 3 heteroatoms. The Morgan fingerprint density at radius 3 is 2.76 bits per heavy atom. The van der Waals surface area contributed by atoms with Crippen LogP contribution in [-0.2, 0) is 4.74 Å². The molecule has 2 aliphatic heterocycles. The van der Waals surface area contributed by atoms with Crippen LogP contribution in [0.4, 0.5) is 0 Å². The molecule has 0 aromatic rings. The van der Waals surface area contributed by atoms with Crippen molar-refractivity contribution in [3.05, 3.63) is 0 Å². The lowest BCUT2D eigenvalue weighted by Gasteiger charge is -2.42. The lowest BCUT2D eigenvalue weighted by atomic mass is 9.93. The van der Waals surface area contributed by atoms with E-state index in [1.165, 1.54) is 25.8 Å². The zero-order chi connectivity index (χ0) is 12.5. The number of nitrogens with zero attached hydrogens (tertiary/aromatic N) is 1. The third-order valence-corrected chi connectivity index (χ3v) is 4.16. The first-order chi connectivity index (χ1) is 8.00. The lowest BCUT2D eigenvalue weighted by molar-refractivity contribution is -0.0338. The van der Waals surface area contributed by atoms with Gasteiger partial charge in [-0.05, 0) is 47.1 Å². The van der Waals surface area contributed by atoms with Gasteiger partial charge in [0.25, 0.3) is 0 Å². The minimum absolute atomic E-state index is 0.103. The van der Waals surface area contributed by atoms with E-state index in [0.717, 1.165) is 13.0 Å². The molecule has 2 rings (SSSR count). The Bertz CT molecular complexity index is 257. The average Bonchev–Trinajstić information content (AvgIpc) is 2.59. The Labute approximate surface area is 106 Å². The molecule has 2 saturated heterocycles. The van der Waals surface area contributed by atoms with Gasteiger partial charge in [-0.25, -0.2) is 0 Å². The largest absolute Gasteiger partial charge is 0.359 e. The normalized spacial score (nSPS) is 40.1. The molecular formula is C14H28N2O. The highest BCUT2D eigenvalue weighted by Gasteiger charge is 2.38. The van der Waals surface area contributed by atoms with Gasteiger partial charge < -0.3 is 4.74 Å². The zero-order valence-electron chi connectivity index (χ0n) is 11.8. The van der Waals surface area contributed by atoms with E-state index in [2.05, 4.69) is 37.9 Å². The smallest absolute Gasteiger partial charge is 0.118 e. The van der Waals surface area contributed by atoms with Gasteiger partial charge in [0.15, 0.2) is 0 Å². The van der Waals surface area contributed by atoms with Crippen LogP contribution in [-0.4, -0.2) is 41.9 Å². The second kappa shape index (κ2) is 5.25. The molecule has 2 heterocycles. The van der Waals surface area contributed by atoms with Gasteiger partial charge >= 0.3 is 0 Å². The van der Waals surface area contributed by atoms with Gasteiger partial charge in [0.05, 0.1) is 6.61 Å². The molecule has 100 valence electrons. The van der Waals surface area contributed by atoms with Crippen molar-refractivity contribution < 1.29 is 4.74 Å². The highest BCUT2D eigenvalue weighted by molar-refractivity contribution is 4.90. The summed E-state index contributed by atoms with van der Waals surface area (Å²) in [5.74, 6) is 0. The maximum Gasteiger partial charge on any atom is 0.118 e. The molecule has 3 nitrogen and oxygen atoms in total. The topological polar surface area (TPSA) is 24.5 Å². The highest BCUT2D eigenvalue weighted by atomic mass is 16.5. The van der Waals surface area contributed by atoms with Crippen LogP contribution >= 0.6 is 0 Å². The van der Waals surface area contributed by atoms with Crippen molar-refractivity contribution in [2.75, 3.05) is 13.2 Å². The summed E-state index contributed by atoms with van der Waals surface area (Å²) in [5.41, 5.74) is -0.103. The van der Waals surface area contributed by atoms with E-state index in [4.69, 9.17) is 4.74 Å². The van der Waals surface area contributed by atoms with Crippen LogP contribution < -0.4 is 5.32 Å². The van der Waals surface area contributed by atoms with Crippen LogP contribution in [0.1, 0.15) is 53.4 Å². The summed E-state index contributed by atoms with van der Waals surface area (Å²) >= 11 is 0. The van der Waals surface area contributed by atoms with Crippen molar-refractivity contribution in [3.8, 4) is 0 Å². The molecule has 1 N–H and O–H groups in total. The van der Waals surface area contributed by atoms with Crippen molar-refractivity contribution in [2.24, 2.45) is 0 Å². The average molecular weight is 240 g/mol. The number of hydrogen-bond donors (Lipinski definition) is 1. The molecular weight excluding hydrogens is 212 g/mol. The van der Waals surface area contributed by atoms with Crippen molar-refractivity contribution in [3.63, 3.8) is 0 Å². The van der Waals surface area contributed by atoms with Gasteiger partial charge in [-0.15, -0.1) is 0 Å². The summed E-state index contributed by atoms with van der Waals surface area (Å²) in [6.45, 7) is 11.1. The fourth-order valence-corrected chi connectivity index (χ4v) is 3.40. The van der Waals surface area contributed by atoms with Crippen molar-refractivity contribution in [1.82, 2.24) is 10.2 Å². The van der Waals surface area contributed by atoms with Crippen LogP contribution in [0.3, 0.4) is 0 Å². The Kier molecular flexibility index (Phi) is 4.11. The summed E-state index contributed by atoms with van der Waals surface area (Å²) in [7, 11) is 0. The van der Waals surface area contributed by atoms with E-state index in [1.807, 2.05) is 0 Å². The quantitative estimate of drug-likeness (QED) is 0.819. The molecule has 0 spiro atoms. The molecule has 0 aliphatic carbocycles. The minimum Gasteiger partial charge on any atom is -0.359 e. The zero-order valence-corrected chi connectivity index (χ0v) is 11.8. The predicted molar refractivity (Wildman–Crippen MR) is 71.1 cm³/mol. The van der Waals surface area contributed by atoms with Gasteiger partial charge in [0.1, 0.15) is 5.72 Å². The molecule has 0 radical (unpaired) electrons. The molecule has 17 heavy (non-hydrogen) atoms. The maximum absolute atomic E-state index is 5.95. The molecule has 0 aromatic heterocycles. The lowest BCUT2D eigenvalue weighted by Crippen LogP contribution is -2.51. The second-order valence-electron chi connectivity index (χ2n) is 6.27. The second-order valence-corrected chi connectivity index (χ2v) is 6.27. The van der Waals surface area contributed by atoms with Gasteiger partial charge in [-0.3, -0.25) is 10.2 Å². The molecule has 3 atom stereocenters. The van der Waals surface area contributed by atoms with Crippen molar-refractivity contribution in [2.45, 2.75) is 77.2 Å². The van der Waals surface area contributed by atoms with E-state index < -0.39 is 0 Å². The molecule has 3 unspecified atom stereocenters. The van der Waals surface area contributed by atoms with Crippen molar-refractivity contribution >= 4 is 0 Å². The van der Waals surface area contributed by atoms with Crippen molar-refractivity contribution in [1.29, 1.82) is 0 Å². The highest BCUT2D eigenvalue weighted by Crippen LogP contribution is 2.29. The number of likely N-dealkylation sites (tertiary alicyclic amines) is 1. The Balaban J connectivity index is 1.96. The van der Waals surface area contributed by atoms with Gasteiger partial charge in [-0.1, -0.05) is 6.42 Å². The van der Waals surface area contributed by atoms with Crippen LogP contribution in [0, 0.1) is 0 Å². The van der Waals surface area contributed by atoms with E-state index in [1.54, 1.807) is 0 Å². The number of rotatable bonds is 3. The minimum atomic E-state index is -0.103. The summed E-state index contributed by atoms with van der Waals surface area (Å²) in [4.78, 5) is 2.66.